The van der Waals surface area contributed by atoms with Crippen molar-refractivity contribution in [2.24, 2.45) is 0 Å². The lowest BCUT2D eigenvalue weighted by atomic mass is 10.3. The second-order valence-electron chi connectivity index (χ2n) is 5.32. The third-order valence-corrected chi connectivity index (χ3v) is 8.70. The van der Waals surface area contributed by atoms with E-state index in [0.717, 1.165) is 47.0 Å². The van der Waals surface area contributed by atoms with Gasteiger partial charge >= 0.3 is 11.9 Å². The number of nitrogens with zero attached hydrogens (tertiary/aromatic N) is 2. The Morgan fingerprint density at radius 3 is 1.77 bits per heavy atom. The van der Waals surface area contributed by atoms with Crippen LogP contribution in [0.5, 0.6) is 0 Å². The Bertz CT molecular complexity index is 991. The number of nitriles is 1. The summed E-state index contributed by atoms with van der Waals surface area (Å²) in [6, 6.07) is 1.73. The van der Waals surface area contributed by atoms with E-state index in [4.69, 9.17) is 16.0 Å². The largest absolute Gasteiger partial charge is 0.471 e. The van der Waals surface area contributed by atoms with E-state index in [0.29, 0.717) is 0 Å². The molecule has 0 bridgehead atoms. The fraction of sp³-hybridized carbons (Fsp3) is 0.222. The van der Waals surface area contributed by atoms with Gasteiger partial charge in [-0.2, -0.15) is 5.26 Å². The van der Waals surface area contributed by atoms with E-state index >= 15 is 8.78 Å². The van der Waals surface area contributed by atoms with Gasteiger partial charge in [-0.3, -0.25) is 4.79 Å². The van der Waals surface area contributed by atoms with E-state index in [-0.39, 0.29) is 52.5 Å². The Morgan fingerprint density at radius 1 is 0.933 bits per heavy atom. The van der Waals surface area contributed by atoms with Gasteiger partial charge in [0.1, 0.15) is 6.07 Å². The van der Waals surface area contributed by atoms with E-state index in [1.54, 1.807) is 19.9 Å². The van der Waals surface area contributed by atoms with Crippen LogP contribution in [0.15, 0.2) is 39.3 Å². The van der Waals surface area contributed by atoms with E-state index < -0.39 is 23.6 Å². The van der Waals surface area contributed by atoms with Crippen LogP contribution in [-0.2, 0) is 19.1 Å². The second kappa shape index (κ2) is 9.35. The Kier molecular flexibility index (Phi) is 7.03. The molecule has 3 rings (SSSR count). The zero-order valence-electron chi connectivity index (χ0n) is 15.3. The number of ether oxygens (including phenoxy) is 2. The Morgan fingerprint density at radius 2 is 1.37 bits per heavy atom. The van der Waals surface area contributed by atoms with Gasteiger partial charge in [0, 0.05) is 0 Å². The Labute approximate surface area is 187 Å². The van der Waals surface area contributed by atoms with E-state index in [9.17, 15) is 14.9 Å². The number of rotatable bonds is 4. The summed E-state index contributed by atoms with van der Waals surface area (Å²) >= 11 is 3.10. The van der Waals surface area contributed by atoms with Gasteiger partial charge in [-0.15, -0.1) is 0 Å². The Hall–Kier alpha value is -2.12. The number of hydrogen-bond acceptors (Lipinski definition) is 9. The maximum atomic E-state index is 15.2. The predicted molar refractivity (Wildman–Crippen MR) is 109 cm³/mol. The molecule has 0 saturated heterocycles. The van der Waals surface area contributed by atoms with Gasteiger partial charge in [-0.25, -0.2) is 18.4 Å². The summed E-state index contributed by atoms with van der Waals surface area (Å²) in [7, 11) is 0. The zero-order valence-corrected chi connectivity index (χ0v) is 18.6. The van der Waals surface area contributed by atoms with Crippen molar-refractivity contribution in [2.45, 2.75) is 33.4 Å². The number of benzene rings is 1. The summed E-state index contributed by atoms with van der Waals surface area (Å²) in [5.74, 6) is -3.20. The highest BCUT2D eigenvalue weighted by Crippen LogP contribution is 2.62. The van der Waals surface area contributed by atoms with Crippen molar-refractivity contribution in [3.8, 4) is 6.07 Å². The normalized spacial score (nSPS) is 13.8. The average molecular weight is 485 g/mol. The molecule has 30 heavy (non-hydrogen) atoms. The molecule has 0 aliphatic carbocycles. The SMILES string of the molecule is [C-]#[N+]C(C(=O)OCC)=C1Sc2c(F)c3c(c(F)c2S1)SC(=C(C#N)C(=O)OCC)S3. The van der Waals surface area contributed by atoms with Crippen LogP contribution in [0.25, 0.3) is 4.85 Å². The molecule has 2 heterocycles. The van der Waals surface area contributed by atoms with Gasteiger partial charge in [0.25, 0.3) is 5.70 Å². The van der Waals surface area contributed by atoms with Crippen LogP contribution >= 0.6 is 47.0 Å². The van der Waals surface area contributed by atoms with Crippen LogP contribution < -0.4 is 0 Å². The van der Waals surface area contributed by atoms with E-state index in [1.807, 2.05) is 0 Å². The Balaban J connectivity index is 2.04. The number of carbonyl (C=O) groups excluding carboxylic acids is 2. The number of hydrogen-bond donors (Lipinski definition) is 0. The third kappa shape index (κ3) is 3.93. The van der Waals surface area contributed by atoms with Gasteiger partial charge in [0.15, 0.2) is 17.2 Å². The highest BCUT2D eigenvalue weighted by atomic mass is 32.2. The number of esters is 2. The van der Waals surface area contributed by atoms with Crippen LogP contribution in [0.1, 0.15) is 13.8 Å². The molecule has 0 unspecified atom stereocenters. The highest BCUT2D eigenvalue weighted by molar-refractivity contribution is 8.25. The third-order valence-electron chi connectivity index (χ3n) is 3.56. The second-order valence-corrected chi connectivity index (χ2v) is 9.92. The summed E-state index contributed by atoms with van der Waals surface area (Å²) in [6.07, 6.45) is 0. The minimum atomic E-state index is -0.860. The molecule has 0 amide bonds. The van der Waals surface area contributed by atoms with Crippen molar-refractivity contribution in [1.29, 1.82) is 5.26 Å². The average Bonchev–Trinajstić information content (AvgIpc) is 3.34. The molecule has 1 aromatic carbocycles. The van der Waals surface area contributed by atoms with E-state index in [2.05, 4.69) is 4.85 Å². The molecule has 0 spiro atoms. The van der Waals surface area contributed by atoms with Gasteiger partial charge in [0.05, 0.1) is 47.8 Å². The van der Waals surface area contributed by atoms with Crippen LogP contribution in [0.4, 0.5) is 8.78 Å². The first-order valence-electron chi connectivity index (χ1n) is 8.24. The first-order valence-corrected chi connectivity index (χ1v) is 11.5. The van der Waals surface area contributed by atoms with Gasteiger partial charge in [-0.1, -0.05) is 47.0 Å². The topological polar surface area (TPSA) is 80.8 Å². The molecule has 2 aliphatic rings. The lowest BCUT2D eigenvalue weighted by Gasteiger charge is -2.05. The highest BCUT2D eigenvalue weighted by Gasteiger charge is 2.38. The van der Waals surface area contributed by atoms with Crippen molar-refractivity contribution >= 4 is 59.0 Å². The van der Waals surface area contributed by atoms with Gasteiger partial charge in [0.2, 0.25) is 0 Å². The predicted octanol–water partition coefficient (Wildman–Crippen LogP) is 5.31. The molecule has 0 fully saturated rings. The number of thioether (sulfide) groups is 4. The quantitative estimate of drug-likeness (QED) is 0.244. The molecule has 154 valence electrons. The summed E-state index contributed by atoms with van der Waals surface area (Å²) in [4.78, 5) is 26.8. The molecule has 6 nitrogen and oxygen atoms in total. The molecular weight excluding hydrogens is 474 g/mol. The van der Waals surface area contributed by atoms with Gasteiger partial charge < -0.3 is 9.47 Å². The lowest BCUT2D eigenvalue weighted by molar-refractivity contribution is -0.139. The number of carbonyl (C=O) groups is 2. The van der Waals surface area contributed by atoms with Crippen molar-refractivity contribution in [3.05, 3.63) is 42.8 Å². The summed E-state index contributed by atoms with van der Waals surface area (Å²) in [5, 5.41) is 9.28. The van der Waals surface area contributed by atoms with Crippen molar-refractivity contribution < 1.29 is 27.8 Å². The van der Waals surface area contributed by atoms with Crippen molar-refractivity contribution in [1.82, 2.24) is 0 Å². The minimum Gasteiger partial charge on any atom is -0.471 e. The fourth-order valence-corrected chi connectivity index (χ4v) is 7.45. The lowest BCUT2D eigenvalue weighted by Crippen LogP contribution is -2.07. The summed E-state index contributed by atoms with van der Waals surface area (Å²) < 4.78 is 40.2. The maximum Gasteiger partial charge on any atom is 0.350 e. The molecule has 0 atom stereocenters. The molecule has 0 aromatic heterocycles. The zero-order chi connectivity index (χ0) is 22.0. The number of halogens is 2. The molecule has 0 radical (unpaired) electrons. The molecule has 0 N–H and O–H groups in total. The summed E-state index contributed by atoms with van der Waals surface area (Å²) in [5.41, 5.74) is -0.655. The van der Waals surface area contributed by atoms with Crippen LogP contribution in [0, 0.1) is 29.5 Å². The smallest absolute Gasteiger partial charge is 0.350 e. The molecular formula is C18H10F2N2O4S4. The molecule has 0 saturated carbocycles. The van der Waals surface area contributed by atoms with Crippen LogP contribution in [0.2, 0.25) is 0 Å². The van der Waals surface area contributed by atoms with Crippen LogP contribution in [-0.4, -0.2) is 25.2 Å². The summed E-state index contributed by atoms with van der Waals surface area (Å²) in [6.45, 7) is 10.5. The fourth-order valence-electron chi connectivity index (χ4n) is 2.33. The van der Waals surface area contributed by atoms with Crippen molar-refractivity contribution in [3.63, 3.8) is 0 Å². The molecule has 1 aromatic rings. The van der Waals surface area contributed by atoms with Gasteiger partial charge in [-0.05, 0) is 13.8 Å². The molecule has 12 heteroatoms. The standard InChI is InChI=1S/C18H10F2N2O4S4/c1-4-25-15(23)7(6-21)17-27-11-8(19)13-14(9(20)12(11)28-17)30-18(29-13)10(22-3)16(24)26-5-2/h4-5H2,1-2H3. The maximum absolute atomic E-state index is 15.2. The van der Waals surface area contributed by atoms with Crippen molar-refractivity contribution in [2.75, 3.05) is 13.2 Å². The van der Waals surface area contributed by atoms with E-state index in [1.165, 1.54) is 0 Å². The molecule has 2 aliphatic heterocycles. The first kappa shape index (κ1) is 22.6. The van der Waals surface area contributed by atoms with Crippen LogP contribution in [0.3, 0.4) is 0 Å². The monoisotopic (exact) mass is 484 g/mol. The first-order chi connectivity index (χ1) is 14.4. The number of fused-ring (bicyclic) bond motifs is 2. The minimum absolute atomic E-state index is 0.0549.